The summed E-state index contributed by atoms with van der Waals surface area (Å²) in [5, 5.41) is 3.52. The van der Waals surface area contributed by atoms with Crippen LogP contribution in [-0.2, 0) is 11.3 Å². The molecule has 1 aromatic rings. The molecule has 6 heteroatoms. The number of hydrogen-bond acceptors (Lipinski definition) is 3. The molecule has 0 bridgehead atoms. The Labute approximate surface area is 180 Å². The Kier molecular flexibility index (Phi) is 7.25. The molecule has 1 aliphatic carbocycles. The number of likely N-dealkylation sites (tertiary alicyclic amines) is 1. The Morgan fingerprint density at radius 1 is 1.15 bits per heavy atom. The molecule has 3 aliphatic rings. The summed E-state index contributed by atoms with van der Waals surface area (Å²) in [6.07, 6.45) is 5.56. The molecule has 0 aromatic heterocycles. The van der Waals surface area contributed by atoms with E-state index in [1.54, 1.807) is 0 Å². The summed E-state index contributed by atoms with van der Waals surface area (Å²) in [5.41, 5.74) is 3.22. The monoisotopic (exact) mass is 484 g/mol. The Morgan fingerprint density at radius 3 is 2.59 bits per heavy atom. The van der Waals surface area contributed by atoms with Crippen molar-refractivity contribution >= 4 is 35.6 Å². The molecule has 2 saturated heterocycles. The van der Waals surface area contributed by atoms with Crippen LogP contribution in [0.5, 0.6) is 0 Å². The molecule has 1 saturated carbocycles. The van der Waals surface area contributed by atoms with Gasteiger partial charge in [0.15, 0.2) is 5.96 Å². The highest BCUT2D eigenvalue weighted by Gasteiger charge is 2.43. The molecule has 27 heavy (non-hydrogen) atoms. The molecule has 1 aromatic carbocycles. The first kappa shape index (κ1) is 20.7. The summed E-state index contributed by atoms with van der Waals surface area (Å²) in [4.78, 5) is 9.94. The van der Waals surface area contributed by atoms with Crippen LogP contribution in [0.15, 0.2) is 29.3 Å². The van der Waals surface area contributed by atoms with Gasteiger partial charge in [-0.25, -0.2) is 4.99 Å². The second-order valence-corrected chi connectivity index (χ2v) is 7.92. The van der Waals surface area contributed by atoms with Crippen LogP contribution >= 0.6 is 24.0 Å². The van der Waals surface area contributed by atoms with Crippen LogP contribution in [0, 0.1) is 5.41 Å². The number of halogens is 1. The predicted molar refractivity (Wildman–Crippen MR) is 122 cm³/mol. The van der Waals surface area contributed by atoms with Crippen LogP contribution in [0.3, 0.4) is 0 Å². The highest BCUT2D eigenvalue weighted by atomic mass is 127. The van der Waals surface area contributed by atoms with Crippen LogP contribution < -0.4 is 10.2 Å². The fourth-order valence-corrected chi connectivity index (χ4v) is 4.54. The SMILES string of the molecule is CCNC(=NCc1ccccc1N1CCOCC1)N1CCC2(CCC2)C1.I. The molecule has 1 spiro atoms. The minimum absolute atomic E-state index is 0. The Hall–Kier alpha value is -1.02. The van der Waals surface area contributed by atoms with Gasteiger partial charge >= 0.3 is 0 Å². The van der Waals surface area contributed by atoms with Gasteiger partial charge in [0.05, 0.1) is 19.8 Å². The van der Waals surface area contributed by atoms with Crippen LogP contribution in [-0.4, -0.2) is 56.8 Å². The van der Waals surface area contributed by atoms with Gasteiger partial charge in [-0.3, -0.25) is 0 Å². The molecular weight excluding hydrogens is 451 g/mol. The highest BCUT2D eigenvalue weighted by Crippen LogP contribution is 2.47. The third kappa shape index (κ3) is 4.70. The molecule has 0 unspecified atom stereocenters. The number of guanidine groups is 1. The molecule has 1 N–H and O–H groups in total. The fraction of sp³-hybridized carbons (Fsp3) is 0.667. The van der Waals surface area contributed by atoms with Crippen LogP contribution in [0.25, 0.3) is 0 Å². The van der Waals surface area contributed by atoms with Crippen molar-refractivity contribution in [1.29, 1.82) is 0 Å². The maximum absolute atomic E-state index is 5.51. The van der Waals surface area contributed by atoms with Gasteiger partial charge in [0.2, 0.25) is 0 Å². The first-order valence-electron chi connectivity index (χ1n) is 10.2. The van der Waals surface area contributed by atoms with Gasteiger partial charge in [-0.1, -0.05) is 24.6 Å². The molecule has 4 rings (SSSR count). The van der Waals surface area contributed by atoms with Crippen molar-refractivity contribution in [2.45, 2.75) is 39.2 Å². The zero-order valence-electron chi connectivity index (χ0n) is 16.5. The maximum atomic E-state index is 5.51. The molecule has 150 valence electrons. The second-order valence-electron chi connectivity index (χ2n) is 7.92. The zero-order chi connectivity index (χ0) is 17.8. The number of morpholine rings is 1. The average Bonchev–Trinajstić information content (AvgIpc) is 3.12. The van der Waals surface area contributed by atoms with Crippen LogP contribution in [0.2, 0.25) is 0 Å². The van der Waals surface area contributed by atoms with Crippen molar-refractivity contribution in [2.24, 2.45) is 10.4 Å². The zero-order valence-corrected chi connectivity index (χ0v) is 18.8. The number of aliphatic imine (C=N–C) groups is 1. The number of rotatable bonds is 4. The van der Waals surface area contributed by atoms with E-state index in [0.717, 1.165) is 51.9 Å². The highest BCUT2D eigenvalue weighted by molar-refractivity contribution is 14.0. The lowest BCUT2D eigenvalue weighted by Crippen LogP contribution is -2.42. The lowest BCUT2D eigenvalue weighted by molar-refractivity contribution is 0.122. The molecule has 5 nitrogen and oxygen atoms in total. The Morgan fingerprint density at radius 2 is 1.93 bits per heavy atom. The van der Waals surface area contributed by atoms with Gasteiger partial charge in [-0.2, -0.15) is 0 Å². The molecule has 0 amide bonds. The number of para-hydroxylation sites is 1. The van der Waals surface area contributed by atoms with E-state index in [9.17, 15) is 0 Å². The van der Waals surface area contributed by atoms with E-state index in [4.69, 9.17) is 9.73 Å². The molecular formula is C21H33IN4O. The van der Waals surface area contributed by atoms with E-state index in [0.29, 0.717) is 5.41 Å². The first-order chi connectivity index (χ1) is 12.8. The standard InChI is InChI=1S/C21H32N4O.HI/c1-2-22-20(25-11-10-21(17-25)8-5-9-21)23-16-18-6-3-4-7-19(18)24-12-14-26-15-13-24;/h3-4,6-7H,2,5,8-17H2,1H3,(H,22,23);1H. The Balaban J connectivity index is 0.00000210. The van der Waals surface area contributed by atoms with E-state index in [1.807, 2.05) is 0 Å². The summed E-state index contributed by atoms with van der Waals surface area (Å²) in [7, 11) is 0. The van der Waals surface area contributed by atoms with Gasteiger partial charge in [0.25, 0.3) is 0 Å². The smallest absolute Gasteiger partial charge is 0.194 e. The number of benzene rings is 1. The maximum Gasteiger partial charge on any atom is 0.194 e. The van der Waals surface area contributed by atoms with E-state index < -0.39 is 0 Å². The lowest BCUT2D eigenvalue weighted by Gasteiger charge is -2.38. The predicted octanol–water partition coefficient (Wildman–Crippen LogP) is 3.48. The van der Waals surface area contributed by atoms with E-state index >= 15 is 0 Å². The summed E-state index contributed by atoms with van der Waals surface area (Å²) in [6, 6.07) is 8.70. The normalized spacial score (nSPS) is 21.7. The number of anilines is 1. The van der Waals surface area contributed by atoms with Gasteiger partial charge < -0.3 is 19.9 Å². The summed E-state index contributed by atoms with van der Waals surface area (Å²) >= 11 is 0. The number of nitrogens with zero attached hydrogens (tertiary/aromatic N) is 3. The van der Waals surface area contributed by atoms with Crippen LogP contribution in [0.1, 0.15) is 38.2 Å². The van der Waals surface area contributed by atoms with E-state index in [-0.39, 0.29) is 24.0 Å². The van der Waals surface area contributed by atoms with Crippen molar-refractivity contribution in [3.05, 3.63) is 29.8 Å². The minimum Gasteiger partial charge on any atom is -0.378 e. The largest absolute Gasteiger partial charge is 0.378 e. The number of nitrogens with one attached hydrogen (secondary N) is 1. The van der Waals surface area contributed by atoms with Gasteiger partial charge in [0, 0.05) is 38.4 Å². The quantitative estimate of drug-likeness (QED) is 0.404. The second kappa shape index (κ2) is 9.45. The van der Waals surface area contributed by atoms with Gasteiger partial charge in [0.1, 0.15) is 0 Å². The fourth-order valence-electron chi connectivity index (χ4n) is 4.54. The summed E-state index contributed by atoms with van der Waals surface area (Å²) < 4.78 is 5.51. The first-order valence-corrected chi connectivity index (χ1v) is 10.2. The minimum atomic E-state index is 0. The van der Waals surface area contributed by atoms with Gasteiger partial charge in [-0.05, 0) is 43.2 Å². The summed E-state index contributed by atoms with van der Waals surface area (Å²) in [5.74, 6) is 1.09. The molecule has 0 radical (unpaired) electrons. The van der Waals surface area contributed by atoms with Crippen molar-refractivity contribution < 1.29 is 4.74 Å². The molecule has 2 heterocycles. The van der Waals surface area contributed by atoms with Crippen molar-refractivity contribution in [1.82, 2.24) is 10.2 Å². The molecule has 3 fully saturated rings. The topological polar surface area (TPSA) is 40.1 Å². The van der Waals surface area contributed by atoms with Gasteiger partial charge in [-0.15, -0.1) is 24.0 Å². The third-order valence-electron chi connectivity index (χ3n) is 6.23. The summed E-state index contributed by atoms with van der Waals surface area (Å²) in [6.45, 7) is 9.72. The van der Waals surface area contributed by atoms with Crippen molar-refractivity contribution in [3.8, 4) is 0 Å². The lowest BCUT2D eigenvalue weighted by atomic mass is 9.68. The van der Waals surface area contributed by atoms with Crippen molar-refractivity contribution in [2.75, 3.05) is 50.8 Å². The molecule has 2 aliphatic heterocycles. The number of ether oxygens (including phenoxy) is 1. The average molecular weight is 484 g/mol. The van der Waals surface area contributed by atoms with E-state index in [2.05, 4.69) is 46.3 Å². The number of hydrogen-bond donors (Lipinski definition) is 1. The van der Waals surface area contributed by atoms with E-state index in [1.165, 1.54) is 43.5 Å². The van der Waals surface area contributed by atoms with Crippen molar-refractivity contribution in [3.63, 3.8) is 0 Å². The van der Waals surface area contributed by atoms with Crippen LogP contribution in [0.4, 0.5) is 5.69 Å². The molecule has 0 atom stereocenters. The third-order valence-corrected chi connectivity index (χ3v) is 6.23. The Bertz CT molecular complexity index is 641.